The summed E-state index contributed by atoms with van der Waals surface area (Å²) in [6, 6.07) is 12.5. The van der Waals surface area contributed by atoms with Gasteiger partial charge in [0.25, 0.3) is 5.91 Å². The van der Waals surface area contributed by atoms with Gasteiger partial charge in [-0.2, -0.15) is 8.78 Å². The molecular formula is C29H32F2N3O7PS. The fourth-order valence-corrected chi connectivity index (χ4v) is 6.92. The fourth-order valence-electron chi connectivity index (χ4n) is 5.50. The van der Waals surface area contributed by atoms with Gasteiger partial charge in [-0.15, -0.1) is 11.3 Å². The number of morpholine rings is 1. The van der Waals surface area contributed by atoms with Crippen LogP contribution in [-0.4, -0.2) is 75.6 Å². The van der Waals surface area contributed by atoms with Crippen molar-refractivity contribution < 1.29 is 42.3 Å². The van der Waals surface area contributed by atoms with Crippen LogP contribution in [0.25, 0.3) is 10.1 Å². The van der Waals surface area contributed by atoms with Crippen molar-refractivity contribution >= 4 is 46.7 Å². The maximum atomic E-state index is 14.2. The molecule has 1 aromatic heterocycles. The molecule has 230 valence electrons. The third kappa shape index (κ3) is 6.37. The number of hydrogen-bond acceptors (Lipinski definition) is 6. The quantitative estimate of drug-likeness (QED) is 0.315. The van der Waals surface area contributed by atoms with Gasteiger partial charge in [-0.05, 0) is 48.4 Å². The molecule has 2 aromatic carbocycles. The van der Waals surface area contributed by atoms with Crippen molar-refractivity contribution in [3.63, 3.8) is 0 Å². The van der Waals surface area contributed by atoms with Gasteiger partial charge in [0.1, 0.15) is 18.2 Å². The standard InChI is InChI=1S/C29H32F2N3O7PS/c1-2-21(32-26(35)25-16-19-15-20(10-11-24(19)43-25)29(30,31)42(38,39)40)27(36)34-12-6-9-22(34)28(37)33-13-14-41-23(17-33)18-7-4-3-5-8-18/h3-5,7-8,10-11,15-16,21-23H,2,6,9,12-14,17H2,1H3,(H,32,35)(H2,38,39,40). The number of rotatable bonds is 8. The van der Waals surface area contributed by atoms with E-state index in [4.69, 9.17) is 14.5 Å². The minimum absolute atomic E-state index is 0.146. The molecule has 0 bridgehead atoms. The SMILES string of the molecule is CCC(NC(=O)c1cc2cc(C(F)(F)P(=O)(O)O)ccc2s1)C(=O)N1CCCC1C(=O)N1CCOC(c2ccccc2)C1. The number of nitrogens with zero attached hydrogens (tertiary/aromatic N) is 2. The van der Waals surface area contributed by atoms with E-state index in [2.05, 4.69) is 5.32 Å². The highest BCUT2D eigenvalue weighted by Gasteiger charge is 2.50. The Morgan fingerprint density at radius 1 is 1.14 bits per heavy atom. The summed E-state index contributed by atoms with van der Waals surface area (Å²) in [4.78, 5) is 61.9. The molecule has 3 atom stereocenters. The molecule has 3 amide bonds. The first kappa shape index (κ1) is 31.2. The largest absolute Gasteiger partial charge is 0.399 e. The third-order valence-corrected chi connectivity index (χ3v) is 9.94. The smallest absolute Gasteiger partial charge is 0.370 e. The molecular weight excluding hydrogens is 603 g/mol. The molecule has 0 radical (unpaired) electrons. The molecule has 2 aliphatic heterocycles. The van der Waals surface area contributed by atoms with Crippen LogP contribution in [0.15, 0.2) is 54.6 Å². The van der Waals surface area contributed by atoms with Crippen LogP contribution >= 0.6 is 18.9 Å². The normalized spacial score (nSPS) is 20.3. The number of carbonyl (C=O) groups excluding carboxylic acids is 3. The number of likely N-dealkylation sites (tertiary alicyclic amines) is 1. The number of nitrogens with one attached hydrogen (secondary N) is 1. The average molecular weight is 636 g/mol. The molecule has 10 nitrogen and oxygen atoms in total. The lowest BCUT2D eigenvalue weighted by molar-refractivity contribution is -0.149. The summed E-state index contributed by atoms with van der Waals surface area (Å²) in [5, 5.41) is 2.93. The molecule has 0 saturated carbocycles. The van der Waals surface area contributed by atoms with Gasteiger partial charge in [0.15, 0.2) is 0 Å². The van der Waals surface area contributed by atoms with Crippen LogP contribution in [0, 0.1) is 0 Å². The highest BCUT2D eigenvalue weighted by Crippen LogP contribution is 2.59. The topological polar surface area (TPSA) is 136 Å². The number of carbonyl (C=O) groups is 3. The number of alkyl halides is 2. The lowest BCUT2D eigenvalue weighted by Crippen LogP contribution is -2.55. The Bertz CT molecular complexity index is 1560. The summed E-state index contributed by atoms with van der Waals surface area (Å²) in [6.45, 7) is 3.30. The van der Waals surface area contributed by atoms with Crippen LogP contribution < -0.4 is 5.32 Å². The number of halogens is 2. The summed E-state index contributed by atoms with van der Waals surface area (Å²) in [6.07, 6.45) is 1.17. The van der Waals surface area contributed by atoms with E-state index in [1.165, 1.54) is 17.0 Å². The molecule has 3 heterocycles. The molecule has 0 aliphatic carbocycles. The van der Waals surface area contributed by atoms with Gasteiger partial charge in [0.05, 0.1) is 18.0 Å². The van der Waals surface area contributed by atoms with E-state index in [9.17, 15) is 27.7 Å². The Hall–Kier alpha value is -3.22. The van der Waals surface area contributed by atoms with Crippen LogP contribution in [-0.2, 0) is 24.6 Å². The van der Waals surface area contributed by atoms with Crippen molar-refractivity contribution in [1.82, 2.24) is 15.1 Å². The van der Waals surface area contributed by atoms with E-state index in [1.807, 2.05) is 30.3 Å². The van der Waals surface area contributed by atoms with Gasteiger partial charge < -0.3 is 29.6 Å². The van der Waals surface area contributed by atoms with E-state index < -0.39 is 36.8 Å². The maximum Gasteiger partial charge on any atom is 0.399 e. The predicted octanol–water partition coefficient (Wildman–Crippen LogP) is 4.23. The number of fused-ring (bicyclic) bond motifs is 1. The first-order valence-corrected chi connectivity index (χ1v) is 16.4. The summed E-state index contributed by atoms with van der Waals surface area (Å²) < 4.78 is 46.0. The number of benzene rings is 2. The van der Waals surface area contributed by atoms with Crippen LogP contribution in [0.4, 0.5) is 8.78 Å². The van der Waals surface area contributed by atoms with E-state index in [-0.39, 0.29) is 34.6 Å². The minimum atomic E-state index is -5.75. The van der Waals surface area contributed by atoms with Crippen LogP contribution in [0.2, 0.25) is 0 Å². The minimum Gasteiger partial charge on any atom is -0.370 e. The third-order valence-electron chi connectivity index (χ3n) is 7.84. The molecule has 2 aliphatic rings. The van der Waals surface area contributed by atoms with Gasteiger partial charge in [-0.3, -0.25) is 18.9 Å². The molecule has 3 N–H and O–H groups in total. The summed E-state index contributed by atoms with van der Waals surface area (Å²) in [7, 11) is -5.75. The molecule has 5 rings (SSSR count). The van der Waals surface area contributed by atoms with Gasteiger partial charge in [-0.25, -0.2) is 0 Å². The Morgan fingerprint density at radius 3 is 2.58 bits per heavy atom. The molecule has 14 heteroatoms. The molecule has 43 heavy (non-hydrogen) atoms. The highest BCUT2D eigenvalue weighted by molar-refractivity contribution is 7.52. The molecule has 2 saturated heterocycles. The predicted molar refractivity (Wildman–Crippen MR) is 156 cm³/mol. The zero-order chi connectivity index (χ0) is 30.9. The second kappa shape index (κ2) is 12.4. The van der Waals surface area contributed by atoms with E-state index in [0.717, 1.165) is 29.0 Å². The average Bonchev–Trinajstić information content (AvgIpc) is 3.66. The van der Waals surface area contributed by atoms with E-state index in [0.29, 0.717) is 43.8 Å². The Labute approximate surface area is 250 Å². The number of ether oxygens (including phenoxy) is 1. The van der Waals surface area contributed by atoms with Crippen molar-refractivity contribution in [3.05, 3.63) is 70.6 Å². The van der Waals surface area contributed by atoms with Gasteiger partial charge >= 0.3 is 13.3 Å². The lowest BCUT2D eigenvalue weighted by Gasteiger charge is -2.37. The van der Waals surface area contributed by atoms with Crippen molar-refractivity contribution in [1.29, 1.82) is 0 Å². The highest BCUT2D eigenvalue weighted by atomic mass is 32.1. The monoisotopic (exact) mass is 635 g/mol. The number of thiophene rings is 1. The van der Waals surface area contributed by atoms with Crippen molar-refractivity contribution in [2.45, 2.75) is 50.0 Å². The Kier molecular flexibility index (Phi) is 9.01. The summed E-state index contributed by atoms with van der Waals surface area (Å²) >= 11 is 1.00. The van der Waals surface area contributed by atoms with Gasteiger partial charge in [-0.1, -0.05) is 43.3 Å². The van der Waals surface area contributed by atoms with Crippen LogP contribution in [0.5, 0.6) is 0 Å². The van der Waals surface area contributed by atoms with Gasteiger partial charge in [0, 0.05) is 23.4 Å². The molecule has 3 unspecified atom stereocenters. The van der Waals surface area contributed by atoms with Crippen molar-refractivity contribution in [2.24, 2.45) is 0 Å². The fraction of sp³-hybridized carbons (Fsp3) is 0.414. The van der Waals surface area contributed by atoms with Crippen LogP contribution in [0.3, 0.4) is 0 Å². The summed E-state index contributed by atoms with van der Waals surface area (Å²) in [5.41, 5.74) is -4.26. The zero-order valence-electron chi connectivity index (χ0n) is 23.3. The van der Waals surface area contributed by atoms with E-state index >= 15 is 0 Å². The first-order chi connectivity index (χ1) is 20.4. The summed E-state index contributed by atoms with van der Waals surface area (Å²) in [5.74, 6) is -1.11. The second-order valence-corrected chi connectivity index (χ2v) is 13.4. The van der Waals surface area contributed by atoms with Crippen molar-refractivity contribution in [3.8, 4) is 0 Å². The van der Waals surface area contributed by atoms with Gasteiger partial charge in [0.2, 0.25) is 11.8 Å². The maximum absolute atomic E-state index is 14.2. The molecule has 2 fully saturated rings. The second-order valence-electron chi connectivity index (χ2n) is 10.6. The van der Waals surface area contributed by atoms with Crippen molar-refractivity contribution in [2.75, 3.05) is 26.2 Å². The first-order valence-electron chi connectivity index (χ1n) is 13.9. The Balaban J connectivity index is 1.27. The van der Waals surface area contributed by atoms with E-state index in [1.54, 1.807) is 11.8 Å². The number of hydrogen-bond donors (Lipinski definition) is 3. The molecule has 3 aromatic rings. The lowest BCUT2D eigenvalue weighted by atomic mass is 10.1. The number of amides is 3. The zero-order valence-corrected chi connectivity index (χ0v) is 25.0. The Morgan fingerprint density at radius 2 is 1.88 bits per heavy atom. The molecule has 0 spiro atoms. The van der Waals surface area contributed by atoms with Crippen LogP contribution in [0.1, 0.15) is 53.1 Å².